The van der Waals surface area contributed by atoms with Crippen molar-refractivity contribution < 1.29 is 23.5 Å². The lowest BCUT2D eigenvalue weighted by Crippen LogP contribution is -2.43. The highest BCUT2D eigenvalue weighted by Gasteiger charge is 2.32. The molecule has 32 heavy (non-hydrogen) atoms. The molecule has 0 aliphatic rings. The zero-order valence-corrected chi connectivity index (χ0v) is 19.0. The number of rotatable bonds is 8. The van der Waals surface area contributed by atoms with Crippen molar-refractivity contribution in [2.75, 3.05) is 6.61 Å². The maximum atomic E-state index is 13.5. The molecule has 0 unspecified atom stereocenters. The highest BCUT2D eigenvalue weighted by atomic mass is 16.5. The Labute approximate surface area is 187 Å². The van der Waals surface area contributed by atoms with E-state index in [-0.39, 0.29) is 30.5 Å². The molecule has 0 fully saturated rings. The number of nitrogens with one attached hydrogen (secondary N) is 1. The maximum Gasteiger partial charge on any atom is 0.355 e. The van der Waals surface area contributed by atoms with Gasteiger partial charge in [0, 0.05) is 16.8 Å². The van der Waals surface area contributed by atoms with Crippen molar-refractivity contribution in [2.24, 2.45) is 0 Å². The molecule has 0 aliphatic heterocycles. The largest absolute Gasteiger partial charge is 0.467 e. The first kappa shape index (κ1) is 23.1. The van der Waals surface area contributed by atoms with E-state index in [0.29, 0.717) is 28.1 Å². The van der Waals surface area contributed by atoms with Crippen molar-refractivity contribution in [2.45, 2.75) is 47.2 Å². The van der Waals surface area contributed by atoms with E-state index in [0.717, 1.165) is 5.56 Å². The lowest BCUT2D eigenvalue weighted by atomic mass is 9.99. The minimum atomic E-state index is -0.794. The second-order valence-electron chi connectivity index (χ2n) is 7.76. The van der Waals surface area contributed by atoms with Gasteiger partial charge in [0.1, 0.15) is 11.5 Å². The summed E-state index contributed by atoms with van der Waals surface area (Å²) < 4.78 is 10.5. The Hall–Kier alpha value is -3.61. The van der Waals surface area contributed by atoms with Gasteiger partial charge in [0.25, 0.3) is 5.91 Å². The third kappa shape index (κ3) is 4.66. The number of amides is 1. The van der Waals surface area contributed by atoms with Crippen molar-refractivity contribution >= 4 is 17.7 Å². The quantitative estimate of drug-likeness (QED) is 0.411. The Bertz CT molecular complexity index is 1110. The number of ketones is 1. The molecule has 0 saturated heterocycles. The van der Waals surface area contributed by atoms with Gasteiger partial charge in [-0.25, -0.2) is 4.79 Å². The molecular weight excluding hydrogens is 408 g/mol. The number of Topliss-reactive ketones (excluding diaryl/α,β-unsaturated/α-hetero) is 1. The van der Waals surface area contributed by atoms with E-state index in [1.165, 1.54) is 11.2 Å². The molecule has 0 aliphatic carbocycles. The number of ether oxygens (including phenoxy) is 1. The first-order chi connectivity index (χ1) is 15.2. The normalized spacial score (nSPS) is 11.8. The van der Waals surface area contributed by atoms with Crippen molar-refractivity contribution in [3.05, 3.63) is 82.1 Å². The summed E-state index contributed by atoms with van der Waals surface area (Å²) in [5.41, 5.74) is 3.23. The fourth-order valence-corrected chi connectivity index (χ4v) is 3.69. The molecule has 7 nitrogen and oxygen atoms in total. The van der Waals surface area contributed by atoms with Gasteiger partial charge in [-0.05, 0) is 64.4 Å². The summed E-state index contributed by atoms with van der Waals surface area (Å²) in [5, 5.41) is 0. The van der Waals surface area contributed by atoms with Gasteiger partial charge in [-0.1, -0.05) is 17.7 Å². The number of esters is 1. The molecule has 1 amide bonds. The van der Waals surface area contributed by atoms with E-state index >= 15 is 0 Å². The van der Waals surface area contributed by atoms with Crippen LogP contribution < -0.4 is 0 Å². The highest BCUT2D eigenvalue weighted by molar-refractivity contribution is 6.07. The fraction of sp³-hybridized carbons (Fsp3) is 0.320. The molecule has 2 aromatic heterocycles. The van der Waals surface area contributed by atoms with Crippen molar-refractivity contribution in [3.8, 4) is 0 Å². The number of nitrogens with zero attached hydrogens (tertiary/aromatic N) is 1. The summed E-state index contributed by atoms with van der Waals surface area (Å²) in [6, 6.07) is 9.91. The number of aromatic nitrogens is 1. The topological polar surface area (TPSA) is 92.6 Å². The summed E-state index contributed by atoms with van der Waals surface area (Å²) in [6.45, 7) is 9.16. The average Bonchev–Trinajstić information content (AvgIpc) is 3.38. The van der Waals surface area contributed by atoms with Crippen LogP contribution in [0.15, 0.2) is 47.1 Å². The summed E-state index contributed by atoms with van der Waals surface area (Å²) >= 11 is 0. The Kier molecular flexibility index (Phi) is 6.98. The third-order valence-corrected chi connectivity index (χ3v) is 5.48. The van der Waals surface area contributed by atoms with E-state index in [1.807, 2.05) is 19.1 Å². The number of carbonyl (C=O) groups is 3. The van der Waals surface area contributed by atoms with Crippen LogP contribution in [0.2, 0.25) is 0 Å². The Morgan fingerprint density at radius 2 is 1.78 bits per heavy atom. The van der Waals surface area contributed by atoms with Crippen LogP contribution in [-0.2, 0) is 11.3 Å². The van der Waals surface area contributed by atoms with Crippen molar-refractivity contribution in [1.29, 1.82) is 0 Å². The van der Waals surface area contributed by atoms with Gasteiger partial charge in [-0.2, -0.15) is 0 Å². The van der Waals surface area contributed by atoms with Gasteiger partial charge < -0.3 is 19.0 Å². The number of furan rings is 1. The minimum Gasteiger partial charge on any atom is -0.467 e. The standard InChI is InChI=1S/C25H28N2O5/c1-6-31-25(30)22-16(3)21(17(4)26-22)23(28)18(5)27(14-20-8-7-13-32-20)24(29)19-11-9-15(2)10-12-19/h7-13,18,26H,6,14H2,1-5H3/t18-/m0/s1. The molecule has 0 saturated carbocycles. The Balaban J connectivity index is 1.96. The van der Waals surface area contributed by atoms with Crippen molar-refractivity contribution in [3.63, 3.8) is 0 Å². The number of aryl methyl sites for hydroxylation is 2. The zero-order valence-electron chi connectivity index (χ0n) is 19.0. The average molecular weight is 437 g/mol. The summed E-state index contributed by atoms with van der Waals surface area (Å²) in [6.07, 6.45) is 1.53. The second-order valence-corrected chi connectivity index (χ2v) is 7.76. The molecule has 1 atom stereocenters. The smallest absolute Gasteiger partial charge is 0.355 e. The first-order valence-electron chi connectivity index (χ1n) is 10.5. The number of H-pyrrole nitrogens is 1. The lowest BCUT2D eigenvalue weighted by Gasteiger charge is -2.28. The number of hydrogen-bond donors (Lipinski definition) is 1. The van der Waals surface area contributed by atoms with E-state index in [9.17, 15) is 14.4 Å². The second kappa shape index (κ2) is 9.68. The predicted molar refractivity (Wildman–Crippen MR) is 120 cm³/mol. The van der Waals surface area contributed by atoms with Gasteiger partial charge in [-0.15, -0.1) is 0 Å². The number of aromatic amines is 1. The van der Waals surface area contributed by atoms with Crippen LogP contribution in [0.5, 0.6) is 0 Å². The van der Waals surface area contributed by atoms with E-state index in [1.54, 1.807) is 52.0 Å². The van der Waals surface area contributed by atoms with Crippen LogP contribution in [0.25, 0.3) is 0 Å². The lowest BCUT2D eigenvalue weighted by molar-refractivity contribution is 0.0518. The van der Waals surface area contributed by atoms with Crippen LogP contribution in [0, 0.1) is 20.8 Å². The van der Waals surface area contributed by atoms with Gasteiger partial charge in [-0.3, -0.25) is 9.59 Å². The molecule has 0 bridgehead atoms. The first-order valence-corrected chi connectivity index (χ1v) is 10.5. The molecule has 0 spiro atoms. The zero-order chi connectivity index (χ0) is 23.4. The van der Waals surface area contributed by atoms with Crippen molar-refractivity contribution in [1.82, 2.24) is 9.88 Å². The molecule has 1 N–H and O–H groups in total. The van der Waals surface area contributed by atoms with Gasteiger partial charge in [0.15, 0.2) is 5.78 Å². The highest BCUT2D eigenvalue weighted by Crippen LogP contribution is 2.24. The molecule has 3 aromatic rings. The molecule has 168 valence electrons. The summed E-state index contributed by atoms with van der Waals surface area (Å²) in [4.78, 5) is 43.6. The van der Waals surface area contributed by atoms with Gasteiger partial charge in [0.05, 0.1) is 25.5 Å². The number of hydrogen-bond acceptors (Lipinski definition) is 5. The van der Waals surface area contributed by atoms with E-state index < -0.39 is 12.0 Å². The summed E-state index contributed by atoms with van der Waals surface area (Å²) in [5.74, 6) is -0.486. The minimum absolute atomic E-state index is 0.139. The SMILES string of the molecule is CCOC(=O)c1[nH]c(C)c(C(=O)[C@H](C)N(Cc2ccco2)C(=O)c2ccc(C)cc2)c1C. The maximum absolute atomic E-state index is 13.5. The molecule has 0 radical (unpaired) electrons. The van der Waals surface area contributed by atoms with Crippen LogP contribution in [0.3, 0.4) is 0 Å². The predicted octanol–water partition coefficient (Wildman–Crippen LogP) is 4.62. The Morgan fingerprint density at radius 1 is 1.09 bits per heavy atom. The number of carbonyl (C=O) groups excluding carboxylic acids is 3. The van der Waals surface area contributed by atoms with Crippen LogP contribution in [0.1, 0.15) is 67.6 Å². The monoisotopic (exact) mass is 436 g/mol. The van der Waals surface area contributed by atoms with Gasteiger partial charge >= 0.3 is 5.97 Å². The molecule has 7 heteroatoms. The number of benzene rings is 1. The Morgan fingerprint density at radius 3 is 2.38 bits per heavy atom. The van der Waals surface area contributed by atoms with Gasteiger partial charge in [0.2, 0.25) is 0 Å². The molecule has 3 rings (SSSR count). The molecular formula is C25H28N2O5. The van der Waals surface area contributed by atoms with Crippen LogP contribution in [-0.4, -0.2) is 40.2 Å². The fourth-order valence-electron chi connectivity index (χ4n) is 3.69. The molecule has 2 heterocycles. The summed E-state index contributed by atoms with van der Waals surface area (Å²) in [7, 11) is 0. The van der Waals surface area contributed by atoms with Crippen LogP contribution in [0.4, 0.5) is 0 Å². The van der Waals surface area contributed by atoms with E-state index in [4.69, 9.17) is 9.15 Å². The van der Waals surface area contributed by atoms with Crippen LogP contribution >= 0.6 is 0 Å². The third-order valence-electron chi connectivity index (χ3n) is 5.48. The van der Waals surface area contributed by atoms with E-state index in [2.05, 4.69) is 4.98 Å². The molecule has 1 aromatic carbocycles.